The van der Waals surface area contributed by atoms with Crippen molar-refractivity contribution in [1.29, 1.82) is 0 Å². The van der Waals surface area contributed by atoms with Gasteiger partial charge in [0.15, 0.2) is 0 Å². The van der Waals surface area contributed by atoms with Crippen molar-refractivity contribution in [1.82, 2.24) is 10.2 Å². The third kappa shape index (κ3) is 4.89. The molecule has 0 radical (unpaired) electrons. The van der Waals surface area contributed by atoms with Gasteiger partial charge < -0.3 is 5.32 Å². The summed E-state index contributed by atoms with van der Waals surface area (Å²) in [5, 5.41) is 5.12. The molecular formula is C20H25FN2OS. The second kappa shape index (κ2) is 8.59. The lowest BCUT2D eigenvalue weighted by Crippen LogP contribution is -2.42. The van der Waals surface area contributed by atoms with Crippen LogP contribution < -0.4 is 5.32 Å². The molecule has 1 aromatic heterocycles. The van der Waals surface area contributed by atoms with Crippen LogP contribution in [0.4, 0.5) is 4.39 Å². The van der Waals surface area contributed by atoms with Gasteiger partial charge in [0.05, 0.1) is 12.6 Å². The highest BCUT2D eigenvalue weighted by atomic mass is 32.1. The Balaban J connectivity index is 1.67. The van der Waals surface area contributed by atoms with Gasteiger partial charge in [-0.2, -0.15) is 0 Å². The number of hydrogen-bond donors (Lipinski definition) is 1. The standard InChI is InChI=1S/C20H25FN2OS/c1-23(17-6-3-2-4-7-17)14-19(24)22-20(18-8-5-13-25-18)15-9-11-16(21)12-10-15/h5,8-13,17,20H,2-4,6-7,14H2,1H3,(H,22,24). The molecule has 5 heteroatoms. The average Bonchev–Trinajstić information content (AvgIpc) is 3.15. The Kier molecular flexibility index (Phi) is 6.21. The maximum Gasteiger partial charge on any atom is 0.234 e. The highest BCUT2D eigenvalue weighted by molar-refractivity contribution is 7.10. The van der Waals surface area contributed by atoms with Crippen LogP contribution in [-0.4, -0.2) is 30.4 Å². The van der Waals surface area contributed by atoms with Gasteiger partial charge >= 0.3 is 0 Å². The SMILES string of the molecule is CN(CC(=O)NC(c1ccc(F)cc1)c1cccs1)C1CCCCC1. The molecule has 1 saturated carbocycles. The lowest BCUT2D eigenvalue weighted by Gasteiger charge is -2.31. The summed E-state index contributed by atoms with van der Waals surface area (Å²) in [6.07, 6.45) is 6.17. The largest absolute Gasteiger partial charge is 0.343 e. The van der Waals surface area contributed by atoms with E-state index in [4.69, 9.17) is 0 Å². The van der Waals surface area contributed by atoms with Crippen molar-refractivity contribution in [3.05, 3.63) is 58.0 Å². The first-order valence-corrected chi connectivity index (χ1v) is 9.80. The van der Waals surface area contributed by atoms with E-state index in [9.17, 15) is 9.18 Å². The number of hydrogen-bond acceptors (Lipinski definition) is 3. The molecule has 134 valence electrons. The minimum Gasteiger partial charge on any atom is -0.343 e. The number of carbonyl (C=O) groups excluding carboxylic acids is 1. The molecule has 3 rings (SSSR count). The van der Waals surface area contributed by atoms with Crippen molar-refractivity contribution in [2.45, 2.75) is 44.2 Å². The lowest BCUT2D eigenvalue weighted by molar-refractivity contribution is -0.123. The third-order valence-corrected chi connectivity index (χ3v) is 5.86. The van der Waals surface area contributed by atoms with E-state index in [0.717, 1.165) is 10.4 Å². The van der Waals surface area contributed by atoms with Gasteiger partial charge in [0.2, 0.25) is 5.91 Å². The topological polar surface area (TPSA) is 32.3 Å². The van der Waals surface area contributed by atoms with E-state index in [1.807, 2.05) is 24.6 Å². The van der Waals surface area contributed by atoms with Gasteiger partial charge in [0.1, 0.15) is 5.82 Å². The minimum absolute atomic E-state index is 0.01000. The number of likely N-dealkylation sites (N-methyl/N-ethyl adjacent to an activating group) is 1. The van der Waals surface area contributed by atoms with E-state index in [1.165, 1.54) is 44.2 Å². The summed E-state index contributed by atoms with van der Waals surface area (Å²) >= 11 is 1.60. The summed E-state index contributed by atoms with van der Waals surface area (Å²) in [7, 11) is 2.04. The van der Waals surface area contributed by atoms with Gasteiger partial charge in [-0.1, -0.05) is 37.5 Å². The Bertz CT molecular complexity index is 666. The zero-order chi connectivity index (χ0) is 17.6. The maximum atomic E-state index is 13.2. The molecule has 1 atom stereocenters. The fourth-order valence-corrected chi connectivity index (χ4v) is 4.32. The fraction of sp³-hybridized carbons (Fsp3) is 0.450. The predicted molar refractivity (Wildman–Crippen MR) is 100 cm³/mol. The van der Waals surface area contributed by atoms with Crippen LogP contribution in [0, 0.1) is 5.82 Å². The molecule has 0 aliphatic heterocycles. The van der Waals surface area contributed by atoms with E-state index in [-0.39, 0.29) is 17.8 Å². The van der Waals surface area contributed by atoms with E-state index in [1.54, 1.807) is 23.5 Å². The molecule has 3 nitrogen and oxygen atoms in total. The molecule has 0 spiro atoms. The summed E-state index contributed by atoms with van der Waals surface area (Å²) in [6.45, 7) is 0.397. The Morgan fingerprint density at radius 1 is 1.24 bits per heavy atom. The normalized spacial score (nSPS) is 16.8. The molecule has 25 heavy (non-hydrogen) atoms. The number of halogens is 1. The number of rotatable bonds is 6. The number of nitrogens with one attached hydrogen (secondary N) is 1. The lowest BCUT2D eigenvalue weighted by atomic mass is 9.94. The Hall–Kier alpha value is -1.72. The number of benzene rings is 1. The highest BCUT2D eigenvalue weighted by Crippen LogP contribution is 2.26. The number of nitrogens with zero attached hydrogens (tertiary/aromatic N) is 1. The molecular weight excluding hydrogens is 335 g/mol. The van der Waals surface area contributed by atoms with E-state index in [0.29, 0.717) is 12.6 Å². The van der Waals surface area contributed by atoms with Crippen LogP contribution in [0.15, 0.2) is 41.8 Å². The number of thiophene rings is 1. The summed E-state index contributed by atoms with van der Waals surface area (Å²) < 4.78 is 13.2. The zero-order valence-electron chi connectivity index (χ0n) is 14.6. The second-order valence-electron chi connectivity index (χ2n) is 6.77. The molecule has 0 saturated heterocycles. The molecule has 1 heterocycles. The van der Waals surface area contributed by atoms with Crippen LogP contribution in [0.2, 0.25) is 0 Å². The summed E-state index contributed by atoms with van der Waals surface area (Å²) in [5.41, 5.74) is 0.900. The third-order valence-electron chi connectivity index (χ3n) is 4.93. The van der Waals surface area contributed by atoms with Gasteiger partial charge in [0.25, 0.3) is 0 Å². The minimum atomic E-state index is -0.267. The van der Waals surface area contributed by atoms with Crippen LogP contribution in [0.25, 0.3) is 0 Å². The Morgan fingerprint density at radius 2 is 1.96 bits per heavy atom. The number of carbonyl (C=O) groups is 1. The van der Waals surface area contributed by atoms with Crippen molar-refractivity contribution in [2.24, 2.45) is 0 Å². The first-order chi connectivity index (χ1) is 12.1. The number of amides is 1. The van der Waals surface area contributed by atoms with Gasteiger partial charge in [0, 0.05) is 10.9 Å². The van der Waals surface area contributed by atoms with Gasteiger partial charge in [-0.25, -0.2) is 4.39 Å². The van der Waals surface area contributed by atoms with Crippen LogP contribution in [0.5, 0.6) is 0 Å². The molecule has 2 aromatic rings. The van der Waals surface area contributed by atoms with Gasteiger partial charge in [-0.15, -0.1) is 11.3 Å². The average molecular weight is 360 g/mol. The monoisotopic (exact) mass is 360 g/mol. The van der Waals surface area contributed by atoms with Crippen molar-refractivity contribution in [2.75, 3.05) is 13.6 Å². The van der Waals surface area contributed by atoms with Gasteiger partial charge in [-0.05, 0) is 49.0 Å². The molecule has 0 bridgehead atoms. The quantitative estimate of drug-likeness (QED) is 0.830. The summed E-state index contributed by atoms with van der Waals surface area (Å²) in [5.74, 6) is -0.257. The van der Waals surface area contributed by atoms with Crippen LogP contribution in [0.3, 0.4) is 0 Å². The molecule has 1 N–H and O–H groups in total. The first-order valence-electron chi connectivity index (χ1n) is 8.92. The molecule has 1 aliphatic carbocycles. The van der Waals surface area contributed by atoms with E-state index in [2.05, 4.69) is 10.2 Å². The Labute approximate surface area is 152 Å². The smallest absolute Gasteiger partial charge is 0.234 e. The van der Waals surface area contributed by atoms with Crippen molar-refractivity contribution in [3.8, 4) is 0 Å². The van der Waals surface area contributed by atoms with Crippen molar-refractivity contribution >= 4 is 17.2 Å². The zero-order valence-corrected chi connectivity index (χ0v) is 15.4. The summed E-state index contributed by atoms with van der Waals surface area (Å²) in [4.78, 5) is 15.8. The highest BCUT2D eigenvalue weighted by Gasteiger charge is 2.22. The molecule has 1 unspecified atom stereocenters. The van der Waals surface area contributed by atoms with Crippen molar-refractivity contribution in [3.63, 3.8) is 0 Å². The summed E-state index contributed by atoms with van der Waals surface area (Å²) in [6, 6.07) is 10.6. The second-order valence-corrected chi connectivity index (χ2v) is 7.75. The van der Waals surface area contributed by atoms with Crippen LogP contribution in [0.1, 0.15) is 48.6 Å². The fourth-order valence-electron chi connectivity index (χ4n) is 3.51. The predicted octanol–water partition coefficient (Wildman–Crippen LogP) is 4.36. The molecule has 1 amide bonds. The molecule has 1 aromatic carbocycles. The Morgan fingerprint density at radius 3 is 2.60 bits per heavy atom. The van der Waals surface area contributed by atoms with E-state index < -0.39 is 0 Å². The van der Waals surface area contributed by atoms with Crippen LogP contribution in [-0.2, 0) is 4.79 Å². The van der Waals surface area contributed by atoms with E-state index >= 15 is 0 Å². The molecule has 1 aliphatic rings. The first kappa shape index (κ1) is 18.1. The molecule has 1 fully saturated rings. The maximum absolute atomic E-state index is 13.2. The van der Waals surface area contributed by atoms with Gasteiger partial charge in [-0.3, -0.25) is 9.69 Å². The van der Waals surface area contributed by atoms with Crippen molar-refractivity contribution < 1.29 is 9.18 Å². The van der Waals surface area contributed by atoms with Crippen LogP contribution >= 0.6 is 11.3 Å².